The molecule has 0 saturated carbocycles. The Balaban J connectivity index is 1.89. The molecule has 0 fully saturated rings. The van der Waals surface area contributed by atoms with E-state index in [1.54, 1.807) is 0 Å². The van der Waals surface area contributed by atoms with E-state index in [1.807, 2.05) is 6.21 Å². The van der Waals surface area contributed by atoms with Crippen molar-refractivity contribution in [1.29, 1.82) is 0 Å². The minimum Gasteiger partial charge on any atom is -0.172 e. The molecule has 110 valence electrons. The summed E-state index contributed by atoms with van der Waals surface area (Å²) in [6.07, 6.45) is 20.3. The first-order valence-electron chi connectivity index (χ1n) is 8.43. The van der Waals surface area contributed by atoms with Crippen molar-refractivity contribution in [3.8, 4) is 0 Å². The second-order valence-electron chi connectivity index (χ2n) is 5.81. The van der Waals surface area contributed by atoms with E-state index in [-0.39, 0.29) is 0 Å². The molecule has 0 N–H and O–H groups in total. The minimum absolute atomic E-state index is 0.830. The Morgan fingerprint density at radius 2 is 1.37 bits per heavy atom. The molecule has 0 saturated heterocycles. The highest BCUT2D eigenvalue weighted by Crippen LogP contribution is 2.17. The van der Waals surface area contributed by atoms with Crippen LogP contribution in [0.3, 0.4) is 0 Å². The lowest BCUT2D eigenvalue weighted by Crippen LogP contribution is -2.36. The van der Waals surface area contributed by atoms with Crippen molar-refractivity contribution in [2.75, 3.05) is 13.1 Å². The van der Waals surface area contributed by atoms with Gasteiger partial charge in [0.2, 0.25) is 0 Å². The highest BCUT2D eigenvalue weighted by Gasteiger charge is 2.23. The first-order valence-corrected chi connectivity index (χ1v) is 8.43. The maximum atomic E-state index is 4.56. The summed E-state index contributed by atoms with van der Waals surface area (Å²) in [6.45, 7) is 6.78. The van der Waals surface area contributed by atoms with Gasteiger partial charge in [0.15, 0.2) is 0 Å². The second-order valence-corrected chi connectivity index (χ2v) is 5.81. The summed E-state index contributed by atoms with van der Waals surface area (Å²) in [4.78, 5) is 0. The molecule has 0 amide bonds. The molecule has 0 aromatic rings. The summed E-state index contributed by atoms with van der Waals surface area (Å²) in [5.74, 6) is 0. The predicted molar refractivity (Wildman–Crippen MR) is 85.1 cm³/mol. The zero-order chi connectivity index (χ0) is 13.8. The van der Waals surface area contributed by atoms with Crippen LogP contribution in [0.15, 0.2) is 17.4 Å². The Morgan fingerprint density at radius 3 is 1.84 bits per heavy atom. The first kappa shape index (κ1) is 16.4. The van der Waals surface area contributed by atoms with Gasteiger partial charge in [-0.2, -0.15) is 4.59 Å². The fraction of sp³-hybridized carbons (Fsp3) is 0.824. The molecule has 1 unspecified atom stereocenters. The van der Waals surface area contributed by atoms with Crippen molar-refractivity contribution < 1.29 is 4.59 Å². The highest BCUT2D eigenvalue weighted by molar-refractivity contribution is 5.71. The second kappa shape index (κ2) is 10.2. The van der Waals surface area contributed by atoms with Gasteiger partial charge in [0.25, 0.3) is 0 Å². The van der Waals surface area contributed by atoms with E-state index in [4.69, 9.17) is 0 Å². The fourth-order valence-electron chi connectivity index (χ4n) is 2.76. The van der Waals surface area contributed by atoms with Gasteiger partial charge in [-0.1, -0.05) is 63.4 Å². The summed E-state index contributed by atoms with van der Waals surface area (Å²) < 4.78 is 0.830. The van der Waals surface area contributed by atoms with Crippen LogP contribution in [0, 0.1) is 0 Å². The van der Waals surface area contributed by atoms with Crippen molar-refractivity contribution in [1.82, 2.24) is 0 Å². The van der Waals surface area contributed by atoms with Gasteiger partial charge in [-0.3, -0.25) is 0 Å². The van der Waals surface area contributed by atoms with Crippen molar-refractivity contribution >= 4 is 6.21 Å². The summed E-state index contributed by atoms with van der Waals surface area (Å²) in [5, 5.41) is 4.56. The van der Waals surface area contributed by atoms with Crippen molar-refractivity contribution in [2.24, 2.45) is 5.10 Å². The lowest BCUT2D eigenvalue weighted by molar-refractivity contribution is -0.882. The quantitative estimate of drug-likeness (QED) is 0.337. The predicted octanol–water partition coefficient (Wildman–Crippen LogP) is 5.26. The molecule has 0 radical (unpaired) electrons. The normalized spacial score (nSPS) is 21.4. The number of quaternary nitrogens is 1. The average Bonchev–Trinajstić information content (AvgIpc) is 2.90. The molecule has 1 atom stereocenters. The van der Waals surface area contributed by atoms with Gasteiger partial charge in [-0.15, -0.1) is 0 Å². The van der Waals surface area contributed by atoms with E-state index >= 15 is 0 Å². The van der Waals surface area contributed by atoms with Crippen LogP contribution < -0.4 is 0 Å². The van der Waals surface area contributed by atoms with Crippen molar-refractivity contribution in [3.63, 3.8) is 0 Å². The summed E-state index contributed by atoms with van der Waals surface area (Å²) in [6, 6.07) is 0. The fourth-order valence-corrected chi connectivity index (χ4v) is 2.76. The number of unbranched alkanes of at least 4 members (excludes halogenated alkanes) is 9. The number of hydrogen-bond acceptors (Lipinski definition) is 1. The molecule has 0 bridgehead atoms. The van der Waals surface area contributed by atoms with Crippen LogP contribution in [0.25, 0.3) is 0 Å². The van der Waals surface area contributed by atoms with Crippen molar-refractivity contribution in [3.05, 3.63) is 12.3 Å². The van der Waals surface area contributed by atoms with E-state index in [1.165, 1.54) is 70.8 Å². The van der Waals surface area contributed by atoms with Gasteiger partial charge in [0, 0.05) is 6.08 Å². The Labute approximate surface area is 120 Å². The number of rotatable bonds is 12. The van der Waals surface area contributed by atoms with Crippen LogP contribution in [-0.2, 0) is 0 Å². The Bertz CT molecular complexity index is 256. The van der Waals surface area contributed by atoms with Crippen LogP contribution >= 0.6 is 0 Å². The number of nitrogens with zero attached hydrogens (tertiary/aromatic N) is 2. The van der Waals surface area contributed by atoms with E-state index in [9.17, 15) is 0 Å². The van der Waals surface area contributed by atoms with Crippen LogP contribution in [0.5, 0.6) is 0 Å². The molecule has 2 heteroatoms. The monoisotopic (exact) mass is 265 g/mol. The highest BCUT2D eigenvalue weighted by atomic mass is 15.6. The Morgan fingerprint density at radius 1 is 0.789 bits per heavy atom. The van der Waals surface area contributed by atoms with Gasteiger partial charge in [-0.25, -0.2) is 0 Å². The standard InChI is InChI=1S/C17H33N2/c1-3-5-6-7-8-9-10-11-12-13-16-19(4-2)17-14-15-18-19/h14-15,17H,3-13,16H2,1-2H3/q+1. The maximum Gasteiger partial charge on any atom is 0.124 e. The van der Waals surface area contributed by atoms with E-state index in [2.05, 4.69) is 31.2 Å². The topological polar surface area (TPSA) is 12.4 Å². The van der Waals surface area contributed by atoms with E-state index in [0.29, 0.717) is 0 Å². The summed E-state index contributed by atoms with van der Waals surface area (Å²) in [5.41, 5.74) is 0. The largest absolute Gasteiger partial charge is 0.172 e. The van der Waals surface area contributed by atoms with Gasteiger partial charge >= 0.3 is 0 Å². The van der Waals surface area contributed by atoms with Gasteiger partial charge in [0.1, 0.15) is 19.3 Å². The molecular weight excluding hydrogens is 232 g/mol. The molecular formula is C17H33N2+. The molecule has 2 nitrogen and oxygen atoms in total. The van der Waals surface area contributed by atoms with Crippen LogP contribution in [0.1, 0.15) is 78.1 Å². The van der Waals surface area contributed by atoms with E-state index in [0.717, 1.165) is 11.1 Å². The molecule has 19 heavy (non-hydrogen) atoms. The molecule has 0 aromatic carbocycles. The SMILES string of the molecule is CCCCCCCCCCCC[N+]1(CC)C=CC=N1. The molecule has 1 aliphatic heterocycles. The Hall–Kier alpha value is -0.630. The third-order valence-corrected chi connectivity index (χ3v) is 4.19. The first-order chi connectivity index (χ1) is 9.33. The smallest absolute Gasteiger partial charge is 0.124 e. The van der Waals surface area contributed by atoms with Crippen LogP contribution in [-0.4, -0.2) is 23.9 Å². The van der Waals surface area contributed by atoms with E-state index < -0.39 is 0 Å². The number of allylic oxidation sites excluding steroid dienone is 1. The van der Waals surface area contributed by atoms with Gasteiger partial charge in [-0.05, 0) is 19.8 Å². The summed E-state index contributed by atoms with van der Waals surface area (Å²) >= 11 is 0. The molecule has 0 aliphatic carbocycles. The third kappa shape index (κ3) is 6.91. The maximum absolute atomic E-state index is 4.56. The average molecular weight is 265 g/mol. The lowest BCUT2D eigenvalue weighted by Gasteiger charge is -2.24. The molecule has 0 spiro atoms. The molecule has 1 heterocycles. The summed E-state index contributed by atoms with van der Waals surface area (Å²) in [7, 11) is 0. The lowest BCUT2D eigenvalue weighted by atomic mass is 10.1. The third-order valence-electron chi connectivity index (χ3n) is 4.19. The zero-order valence-electron chi connectivity index (χ0n) is 13.1. The minimum atomic E-state index is 0.830. The van der Waals surface area contributed by atoms with Crippen LogP contribution in [0.4, 0.5) is 0 Å². The molecule has 1 rings (SSSR count). The zero-order valence-corrected chi connectivity index (χ0v) is 13.1. The van der Waals surface area contributed by atoms with Crippen molar-refractivity contribution in [2.45, 2.75) is 78.1 Å². The van der Waals surface area contributed by atoms with Gasteiger partial charge < -0.3 is 0 Å². The molecule has 1 aliphatic rings. The van der Waals surface area contributed by atoms with Crippen LogP contribution in [0.2, 0.25) is 0 Å². The van der Waals surface area contributed by atoms with Gasteiger partial charge in [0.05, 0.1) is 6.21 Å². The number of hydrogen-bond donors (Lipinski definition) is 0. The Kier molecular flexibility index (Phi) is 8.81. The molecule has 0 aromatic heterocycles.